The largest absolute Gasteiger partial charge is 0.364 e. The number of alkyl halides is 2. The van der Waals surface area contributed by atoms with Crippen LogP contribution in [0, 0.1) is 0 Å². The molecule has 3 atom stereocenters. The zero-order chi connectivity index (χ0) is 23.4. The number of amides is 2. The maximum atomic E-state index is 14.2. The molecular formula is C23H26F2N4O3S. The molecule has 1 N–H and O–H groups in total. The number of hydrogen-bond donors (Lipinski definition) is 1. The van der Waals surface area contributed by atoms with Gasteiger partial charge in [0.15, 0.2) is 0 Å². The van der Waals surface area contributed by atoms with Crippen LogP contribution in [0.5, 0.6) is 0 Å². The van der Waals surface area contributed by atoms with Crippen molar-refractivity contribution in [3.8, 4) is 0 Å². The van der Waals surface area contributed by atoms with Crippen LogP contribution in [0.1, 0.15) is 26.2 Å². The van der Waals surface area contributed by atoms with E-state index in [1.54, 1.807) is 21.4 Å². The van der Waals surface area contributed by atoms with Gasteiger partial charge in [0.2, 0.25) is 11.8 Å². The Morgan fingerprint density at radius 1 is 1.33 bits per heavy atom. The fourth-order valence-electron chi connectivity index (χ4n) is 4.14. The summed E-state index contributed by atoms with van der Waals surface area (Å²) < 4.78 is 30.1. The number of allylic oxidation sites excluding steroid dienone is 1. The van der Waals surface area contributed by atoms with Crippen LogP contribution in [0.4, 0.5) is 8.78 Å². The Balaban J connectivity index is 1.42. The number of benzene rings is 1. The minimum Gasteiger partial charge on any atom is -0.364 e. The second-order valence-electron chi connectivity index (χ2n) is 8.39. The Morgan fingerprint density at radius 3 is 2.91 bits per heavy atom. The van der Waals surface area contributed by atoms with Gasteiger partial charge in [0.05, 0.1) is 6.21 Å². The lowest BCUT2D eigenvalue weighted by molar-refractivity contribution is -0.137. The zero-order valence-corrected chi connectivity index (χ0v) is 19.0. The standard InChI is InChI=1S/C23H26F2N4O3S/c1-16-12-19(22(31)28(16)14-17-6-5-10-26-32-15-17)27-21(30)20-13-23(24,25)9-11-29(20)33-18-7-3-2-4-8-18/h2-8,10,15-16,19-20H,9,11-14H2,1H3,(H,27,30). The molecule has 1 aromatic carbocycles. The lowest BCUT2D eigenvalue weighted by Crippen LogP contribution is -2.54. The van der Waals surface area contributed by atoms with Gasteiger partial charge in [0.1, 0.15) is 18.3 Å². The summed E-state index contributed by atoms with van der Waals surface area (Å²) in [5.74, 6) is -3.70. The zero-order valence-electron chi connectivity index (χ0n) is 18.2. The molecule has 0 aliphatic carbocycles. The molecule has 1 aromatic rings. The van der Waals surface area contributed by atoms with E-state index in [0.717, 1.165) is 10.5 Å². The number of oxime groups is 1. The highest BCUT2D eigenvalue weighted by molar-refractivity contribution is 7.97. The summed E-state index contributed by atoms with van der Waals surface area (Å²) in [6, 6.07) is 7.43. The van der Waals surface area contributed by atoms with Gasteiger partial charge in [-0.15, -0.1) is 0 Å². The number of nitrogens with one attached hydrogen (secondary N) is 1. The molecule has 0 radical (unpaired) electrons. The highest BCUT2D eigenvalue weighted by Gasteiger charge is 2.46. The third-order valence-corrected chi connectivity index (χ3v) is 7.04. The Bertz CT molecular complexity index is 970. The van der Waals surface area contributed by atoms with E-state index >= 15 is 0 Å². The van der Waals surface area contributed by atoms with Crippen LogP contribution in [0.3, 0.4) is 0 Å². The second-order valence-corrected chi connectivity index (χ2v) is 9.52. The average molecular weight is 477 g/mol. The molecule has 2 saturated heterocycles. The summed E-state index contributed by atoms with van der Waals surface area (Å²) >= 11 is 1.29. The van der Waals surface area contributed by atoms with Crippen LogP contribution in [0.15, 0.2) is 64.4 Å². The maximum Gasteiger partial charge on any atom is 0.251 e. The second kappa shape index (κ2) is 10.0. The van der Waals surface area contributed by atoms with Crippen molar-refractivity contribution >= 4 is 30.0 Å². The number of hydrogen-bond acceptors (Lipinski definition) is 6. The Hall–Kier alpha value is -2.72. The molecule has 33 heavy (non-hydrogen) atoms. The van der Waals surface area contributed by atoms with Crippen LogP contribution in [0.25, 0.3) is 0 Å². The number of likely N-dealkylation sites (tertiary alicyclic amines) is 1. The van der Waals surface area contributed by atoms with Crippen LogP contribution < -0.4 is 5.32 Å². The van der Waals surface area contributed by atoms with Crippen LogP contribution in [-0.2, 0) is 14.4 Å². The van der Waals surface area contributed by atoms with E-state index < -0.39 is 30.3 Å². The number of piperidine rings is 1. The van der Waals surface area contributed by atoms with E-state index in [1.807, 2.05) is 37.3 Å². The van der Waals surface area contributed by atoms with E-state index in [4.69, 9.17) is 4.84 Å². The van der Waals surface area contributed by atoms with Gasteiger partial charge >= 0.3 is 0 Å². The molecule has 2 fully saturated rings. The molecule has 3 aliphatic heterocycles. The lowest BCUT2D eigenvalue weighted by Gasteiger charge is -2.37. The molecule has 0 bridgehead atoms. The van der Waals surface area contributed by atoms with Crippen LogP contribution in [0.2, 0.25) is 0 Å². The minimum atomic E-state index is -2.92. The number of rotatable bonds is 6. The first-order valence-corrected chi connectivity index (χ1v) is 11.6. The summed E-state index contributed by atoms with van der Waals surface area (Å²) in [5.41, 5.74) is 0.761. The van der Waals surface area contributed by atoms with Gasteiger partial charge in [-0.25, -0.2) is 13.1 Å². The maximum absolute atomic E-state index is 14.2. The number of nitrogens with zero attached hydrogens (tertiary/aromatic N) is 3. The summed E-state index contributed by atoms with van der Waals surface area (Å²) in [6.07, 6.45) is 6.01. The van der Waals surface area contributed by atoms with Gasteiger partial charge in [0, 0.05) is 42.4 Å². The molecule has 3 heterocycles. The van der Waals surface area contributed by atoms with Gasteiger partial charge in [-0.2, -0.15) is 0 Å². The molecule has 176 valence electrons. The smallest absolute Gasteiger partial charge is 0.251 e. The van der Waals surface area contributed by atoms with Gasteiger partial charge in [0.25, 0.3) is 5.92 Å². The summed E-state index contributed by atoms with van der Waals surface area (Å²) in [7, 11) is 0. The van der Waals surface area contributed by atoms with E-state index in [0.29, 0.717) is 13.0 Å². The van der Waals surface area contributed by atoms with E-state index in [-0.39, 0.29) is 24.9 Å². The third kappa shape index (κ3) is 5.80. The Kier molecular flexibility index (Phi) is 7.14. The SMILES string of the molecule is CC1CC(NC(=O)C2CC(F)(F)CCN2Sc2ccccc2)C(=O)N1CC1=CON=CC=C1. The Labute approximate surface area is 195 Å². The molecule has 10 heteroatoms. The first kappa shape index (κ1) is 23.4. The van der Waals surface area contributed by atoms with Crippen molar-refractivity contribution in [3.05, 3.63) is 54.3 Å². The highest BCUT2D eigenvalue weighted by atomic mass is 32.2. The van der Waals surface area contributed by atoms with Crippen molar-refractivity contribution in [2.24, 2.45) is 5.16 Å². The van der Waals surface area contributed by atoms with E-state index in [9.17, 15) is 18.4 Å². The number of halogens is 2. The molecule has 0 saturated carbocycles. The van der Waals surface area contributed by atoms with Crippen molar-refractivity contribution in [2.45, 2.75) is 55.1 Å². The van der Waals surface area contributed by atoms with E-state index in [2.05, 4.69) is 10.5 Å². The summed E-state index contributed by atoms with van der Waals surface area (Å²) in [6.45, 7) is 2.28. The monoisotopic (exact) mass is 476 g/mol. The minimum absolute atomic E-state index is 0.0777. The topological polar surface area (TPSA) is 74.2 Å². The highest BCUT2D eigenvalue weighted by Crippen LogP contribution is 2.37. The third-order valence-electron chi connectivity index (χ3n) is 5.89. The van der Waals surface area contributed by atoms with Crippen molar-refractivity contribution < 1.29 is 23.2 Å². The quantitative estimate of drug-likeness (QED) is 0.638. The van der Waals surface area contributed by atoms with Crippen LogP contribution in [-0.4, -0.2) is 64.4 Å². The molecule has 3 unspecified atom stereocenters. The van der Waals surface area contributed by atoms with Gasteiger partial charge in [-0.1, -0.05) is 29.4 Å². The predicted molar refractivity (Wildman–Crippen MR) is 121 cm³/mol. The van der Waals surface area contributed by atoms with Gasteiger partial charge < -0.3 is 15.1 Å². The van der Waals surface area contributed by atoms with Crippen molar-refractivity contribution in [3.63, 3.8) is 0 Å². The lowest BCUT2D eigenvalue weighted by atomic mass is 10.00. The number of carbonyl (C=O) groups is 2. The fraction of sp³-hybridized carbons (Fsp3) is 0.435. The molecule has 3 aliphatic rings. The first-order valence-electron chi connectivity index (χ1n) is 10.9. The number of carbonyl (C=O) groups excluding carboxylic acids is 2. The molecule has 2 amide bonds. The predicted octanol–water partition coefficient (Wildman–Crippen LogP) is 3.36. The molecule has 0 spiro atoms. The van der Waals surface area contributed by atoms with Gasteiger partial charge in [-0.3, -0.25) is 9.59 Å². The molecule has 7 nitrogen and oxygen atoms in total. The van der Waals surface area contributed by atoms with Crippen molar-refractivity contribution in [2.75, 3.05) is 13.1 Å². The average Bonchev–Trinajstić information content (AvgIpc) is 2.96. The molecular weight excluding hydrogens is 450 g/mol. The van der Waals surface area contributed by atoms with Crippen molar-refractivity contribution in [1.82, 2.24) is 14.5 Å². The fourth-order valence-corrected chi connectivity index (χ4v) is 5.17. The summed E-state index contributed by atoms with van der Waals surface area (Å²) in [5, 5.41) is 6.42. The molecule has 4 rings (SSSR count). The Morgan fingerprint density at radius 2 is 2.12 bits per heavy atom. The molecule has 0 aromatic heterocycles. The van der Waals surface area contributed by atoms with Gasteiger partial charge in [-0.05, 0) is 43.5 Å². The van der Waals surface area contributed by atoms with Crippen molar-refractivity contribution in [1.29, 1.82) is 0 Å². The first-order chi connectivity index (χ1) is 15.8. The summed E-state index contributed by atoms with van der Waals surface area (Å²) in [4.78, 5) is 33.6. The normalized spacial score (nSPS) is 27.1. The van der Waals surface area contributed by atoms with Crippen LogP contribution >= 0.6 is 11.9 Å². The van der Waals surface area contributed by atoms with E-state index in [1.165, 1.54) is 24.4 Å².